The maximum atomic E-state index is 12.5. The van der Waals surface area contributed by atoms with Gasteiger partial charge in [0.2, 0.25) is 5.91 Å². The molecule has 1 N–H and O–H groups in total. The molecule has 0 bridgehead atoms. The number of carbonyl (C=O) groups excluding carboxylic acids is 2. The topological polar surface area (TPSA) is 58.6 Å². The molecule has 2 amide bonds. The monoisotopic (exact) mass is 378 g/mol. The number of hydrogen-bond donors (Lipinski definition) is 1. The van der Waals surface area contributed by atoms with E-state index in [1.807, 2.05) is 42.5 Å². The Morgan fingerprint density at radius 3 is 2.21 bits per heavy atom. The van der Waals surface area contributed by atoms with Crippen LogP contribution in [0, 0.1) is 0 Å². The molecule has 0 atom stereocenters. The fourth-order valence-electron chi connectivity index (χ4n) is 2.57. The van der Waals surface area contributed by atoms with Crippen molar-refractivity contribution in [3.8, 4) is 5.75 Å². The van der Waals surface area contributed by atoms with Crippen molar-refractivity contribution in [2.45, 2.75) is 13.0 Å². The standard InChI is InChI=1S/C23H26N2O3/c1-3-15-25(16-4-2)23(27)20-12-10-19(11-13-20)18-24-22(26)14-17-28-21-8-6-5-7-9-21/h3-13H,1-2,14-18H2,(H,24,26). The molecule has 5 nitrogen and oxygen atoms in total. The third-order valence-corrected chi connectivity index (χ3v) is 4.02. The smallest absolute Gasteiger partial charge is 0.254 e. The van der Waals surface area contributed by atoms with Crippen LogP contribution in [0.5, 0.6) is 5.75 Å². The highest BCUT2D eigenvalue weighted by Gasteiger charge is 2.13. The van der Waals surface area contributed by atoms with Crippen molar-refractivity contribution in [1.82, 2.24) is 10.2 Å². The first-order valence-corrected chi connectivity index (χ1v) is 9.18. The van der Waals surface area contributed by atoms with Gasteiger partial charge in [0.05, 0.1) is 13.0 Å². The zero-order chi connectivity index (χ0) is 20.2. The Bertz CT molecular complexity index is 775. The molecule has 146 valence electrons. The SMILES string of the molecule is C=CCN(CC=C)C(=O)c1ccc(CNC(=O)CCOc2ccccc2)cc1. The third-order valence-electron chi connectivity index (χ3n) is 4.02. The molecule has 0 spiro atoms. The van der Waals surface area contributed by atoms with Gasteiger partial charge in [-0.05, 0) is 29.8 Å². The quantitative estimate of drug-likeness (QED) is 0.608. The second-order valence-corrected chi connectivity index (χ2v) is 6.17. The van der Waals surface area contributed by atoms with Gasteiger partial charge < -0.3 is 15.0 Å². The first kappa shape index (κ1) is 21.0. The maximum Gasteiger partial charge on any atom is 0.254 e. The summed E-state index contributed by atoms with van der Waals surface area (Å²) < 4.78 is 5.52. The predicted octanol–water partition coefficient (Wildman–Crippen LogP) is 3.59. The Labute approximate surface area is 166 Å². The molecule has 0 heterocycles. The summed E-state index contributed by atoms with van der Waals surface area (Å²) in [7, 11) is 0. The Balaban J connectivity index is 1.78. The van der Waals surface area contributed by atoms with Crippen LogP contribution in [0.3, 0.4) is 0 Å². The highest BCUT2D eigenvalue weighted by Crippen LogP contribution is 2.10. The van der Waals surface area contributed by atoms with E-state index in [4.69, 9.17) is 4.74 Å². The average molecular weight is 378 g/mol. The zero-order valence-electron chi connectivity index (χ0n) is 16.0. The van der Waals surface area contributed by atoms with E-state index in [9.17, 15) is 9.59 Å². The molecular formula is C23H26N2O3. The Kier molecular flexibility index (Phi) is 8.53. The van der Waals surface area contributed by atoms with Gasteiger partial charge in [-0.3, -0.25) is 9.59 Å². The number of para-hydroxylation sites is 1. The number of benzene rings is 2. The maximum absolute atomic E-state index is 12.5. The van der Waals surface area contributed by atoms with Crippen LogP contribution in [-0.2, 0) is 11.3 Å². The summed E-state index contributed by atoms with van der Waals surface area (Å²) in [5.41, 5.74) is 1.52. The van der Waals surface area contributed by atoms with Crippen LogP contribution in [0.25, 0.3) is 0 Å². The van der Waals surface area contributed by atoms with E-state index < -0.39 is 0 Å². The number of nitrogens with one attached hydrogen (secondary N) is 1. The van der Waals surface area contributed by atoms with E-state index in [1.54, 1.807) is 29.2 Å². The number of carbonyl (C=O) groups is 2. The minimum atomic E-state index is -0.0841. The van der Waals surface area contributed by atoms with Crippen LogP contribution in [0.2, 0.25) is 0 Å². The summed E-state index contributed by atoms with van der Waals surface area (Å²) in [6, 6.07) is 16.6. The van der Waals surface area contributed by atoms with Crippen molar-refractivity contribution in [1.29, 1.82) is 0 Å². The lowest BCUT2D eigenvalue weighted by Gasteiger charge is -2.19. The van der Waals surface area contributed by atoms with Gasteiger partial charge in [0.1, 0.15) is 5.75 Å². The summed E-state index contributed by atoms with van der Waals surface area (Å²) in [4.78, 5) is 26.1. The lowest BCUT2D eigenvalue weighted by Crippen LogP contribution is -2.31. The lowest BCUT2D eigenvalue weighted by atomic mass is 10.1. The highest BCUT2D eigenvalue weighted by molar-refractivity contribution is 5.94. The van der Waals surface area contributed by atoms with Gasteiger partial charge in [0.15, 0.2) is 0 Å². The third kappa shape index (κ3) is 6.76. The molecule has 0 radical (unpaired) electrons. The molecule has 0 aromatic heterocycles. The van der Waals surface area contributed by atoms with E-state index in [0.717, 1.165) is 11.3 Å². The van der Waals surface area contributed by atoms with Crippen molar-refractivity contribution in [3.63, 3.8) is 0 Å². The van der Waals surface area contributed by atoms with Crippen LogP contribution in [-0.4, -0.2) is 36.4 Å². The fraction of sp³-hybridized carbons (Fsp3) is 0.217. The summed E-state index contributed by atoms with van der Waals surface area (Å²) >= 11 is 0. The number of ether oxygens (including phenoxy) is 1. The fourth-order valence-corrected chi connectivity index (χ4v) is 2.57. The lowest BCUT2D eigenvalue weighted by molar-refractivity contribution is -0.121. The largest absolute Gasteiger partial charge is 0.493 e. The van der Waals surface area contributed by atoms with Crippen molar-refractivity contribution >= 4 is 11.8 Å². The molecule has 2 aromatic rings. The molecule has 2 aromatic carbocycles. The van der Waals surface area contributed by atoms with Crippen molar-refractivity contribution in [3.05, 3.63) is 91.0 Å². The molecule has 0 aliphatic heterocycles. The summed E-state index contributed by atoms with van der Waals surface area (Å²) in [6.07, 6.45) is 3.66. The second kappa shape index (κ2) is 11.4. The van der Waals surface area contributed by atoms with Gasteiger partial charge in [-0.25, -0.2) is 0 Å². The van der Waals surface area contributed by atoms with Crippen LogP contribution in [0.15, 0.2) is 79.9 Å². The van der Waals surface area contributed by atoms with Crippen LogP contribution < -0.4 is 10.1 Å². The number of nitrogens with zero attached hydrogens (tertiary/aromatic N) is 1. The van der Waals surface area contributed by atoms with Crippen LogP contribution >= 0.6 is 0 Å². The van der Waals surface area contributed by atoms with Gasteiger partial charge in [-0.15, -0.1) is 13.2 Å². The van der Waals surface area contributed by atoms with Gasteiger partial charge in [-0.2, -0.15) is 0 Å². The molecule has 5 heteroatoms. The first-order chi connectivity index (χ1) is 13.6. The van der Waals surface area contributed by atoms with Gasteiger partial charge in [-0.1, -0.05) is 42.5 Å². The summed E-state index contributed by atoms with van der Waals surface area (Å²) in [5, 5.41) is 2.86. The van der Waals surface area contributed by atoms with E-state index in [0.29, 0.717) is 31.8 Å². The number of hydrogen-bond acceptors (Lipinski definition) is 3. The minimum absolute atomic E-state index is 0.0755. The molecule has 0 aliphatic carbocycles. The molecule has 0 saturated heterocycles. The molecule has 28 heavy (non-hydrogen) atoms. The van der Waals surface area contributed by atoms with Crippen molar-refractivity contribution < 1.29 is 14.3 Å². The first-order valence-electron chi connectivity index (χ1n) is 9.18. The molecule has 0 fully saturated rings. The molecule has 0 unspecified atom stereocenters. The van der Waals surface area contributed by atoms with Crippen LogP contribution in [0.1, 0.15) is 22.3 Å². The molecular weight excluding hydrogens is 352 g/mol. The zero-order valence-corrected chi connectivity index (χ0v) is 16.0. The highest BCUT2D eigenvalue weighted by atomic mass is 16.5. The van der Waals surface area contributed by atoms with E-state index in [1.165, 1.54) is 0 Å². The van der Waals surface area contributed by atoms with Gasteiger partial charge >= 0.3 is 0 Å². The summed E-state index contributed by atoms with van der Waals surface area (Å²) in [5.74, 6) is 0.588. The molecule has 0 aliphatic rings. The summed E-state index contributed by atoms with van der Waals surface area (Å²) in [6.45, 7) is 9.01. The molecule has 2 rings (SSSR count). The number of amides is 2. The Morgan fingerprint density at radius 1 is 0.964 bits per heavy atom. The van der Waals surface area contributed by atoms with E-state index in [2.05, 4.69) is 18.5 Å². The van der Waals surface area contributed by atoms with Gasteiger partial charge in [0.25, 0.3) is 5.91 Å². The van der Waals surface area contributed by atoms with E-state index in [-0.39, 0.29) is 18.2 Å². The van der Waals surface area contributed by atoms with Crippen LogP contribution in [0.4, 0.5) is 0 Å². The normalized spacial score (nSPS) is 10.0. The van der Waals surface area contributed by atoms with E-state index >= 15 is 0 Å². The Hall–Kier alpha value is -3.34. The minimum Gasteiger partial charge on any atom is -0.493 e. The average Bonchev–Trinajstić information content (AvgIpc) is 2.73. The van der Waals surface area contributed by atoms with Crippen molar-refractivity contribution in [2.75, 3.05) is 19.7 Å². The number of rotatable bonds is 11. The van der Waals surface area contributed by atoms with Crippen molar-refractivity contribution in [2.24, 2.45) is 0 Å². The Morgan fingerprint density at radius 2 is 1.61 bits per heavy atom. The predicted molar refractivity (Wildman–Crippen MR) is 111 cm³/mol. The second-order valence-electron chi connectivity index (χ2n) is 6.17. The molecule has 0 saturated carbocycles. The van der Waals surface area contributed by atoms with Gasteiger partial charge in [0, 0.05) is 25.2 Å².